The van der Waals surface area contributed by atoms with Gasteiger partial charge < -0.3 is 4.90 Å². The van der Waals surface area contributed by atoms with Crippen molar-refractivity contribution in [3.63, 3.8) is 0 Å². The van der Waals surface area contributed by atoms with Crippen molar-refractivity contribution in [2.24, 2.45) is 0 Å². The number of benzene rings is 1. The van der Waals surface area contributed by atoms with Crippen molar-refractivity contribution in [3.05, 3.63) is 35.7 Å². The molecule has 0 unspecified atom stereocenters. The zero-order chi connectivity index (χ0) is 15.1. The molecule has 0 spiro atoms. The number of aromatic nitrogens is 4. The van der Waals surface area contributed by atoms with Gasteiger partial charge in [-0.1, -0.05) is 18.2 Å². The fourth-order valence-electron chi connectivity index (χ4n) is 3.26. The summed E-state index contributed by atoms with van der Waals surface area (Å²) in [4.78, 5) is 4.82. The van der Waals surface area contributed by atoms with E-state index in [4.69, 9.17) is 0 Å². The van der Waals surface area contributed by atoms with Gasteiger partial charge in [0.25, 0.3) is 0 Å². The van der Waals surface area contributed by atoms with Crippen LogP contribution >= 0.6 is 0 Å². The van der Waals surface area contributed by atoms with Crippen LogP contribution in [0.5, 0.6) is 0 Å². The van der Waals surface area contributed by atoms with E-state index in [2.05, 4.69) is 63.6 Å². The molecule has 1 aromatic heterocycles. The summed E-state index contributed by atoms with van der Waals surface area (Å²) in [6, 6.07) is 9.42. The predicted molar refractivity (Wildman–Crippen MR) is 84.6 cm³/mol. The van der Waals surface area contributed by atoms with Crippen molar-refractivity contribution >= 4 is 5.69 Å². The molecule has 6 heteroatoms. The Morgan fingerprint density at radius 2 is 2.00 bits per heavy atom. The zero-order valence-corrected chi connectivity index (χ0v) is 13.2. The summed E-state index contributed by atoms with van der Waals surface area (Å²) in [6.45, 7) is 5.20. The van der Waals surface area contributed by atoms with E-state index in [1.165, 1.54) is 24.1 Å². The van der Waals surface area contributed by atoms with E-state index in [0.29, 0.717) is 6.04 Å². The van der Waals surface area contributed by atoms with Crippen LogP contribution in [-0.2, 0) is 6.54 Å². The lowest BCUT2D eigenvalue weighted by molar-refractivity contribution is 0.198. The SMILES string of the molecule is C[C@H](c1nnnn1C1CC1)N1CCN(C)c2ccccc2C1. The molecule has 22 heavy (non-hydrogen) atoms. The van der Waals surface area contributed by atoms with Crippen LogP contribution in [0.15, 0.2) is 24.3 Å². The van der Waals surface area contributed by atoms with E-state index in [9.17, 15) is 0 Å². The van der Waals surface area contributed by atoms with Gasteiger partial charge in [-0.2, -0.15) is 0 Å². The molecule has 0 N–H and O–H groups in total. The summed E-state index contributed by atoms with van der Waals surface area (Å²) in [5, 5.41) is 12.4. The number of nitrogens with zero attached hydrogens (tertiary/aromatic N) is 6. The lowest BCUT2D eigenvalue weighted by Gasteiger charge is -2.26. The smallest absolute Gasteiger partial charge is 0.168 e. The molecule has 116 valence electrons. The molecule has 1 atom stereocenters. The monoisotopic (exact) mass is 298 g/mol. The summed E-state index contributed by atoms with van der Waals surface area (Å²) in [5.74, 6) is 1.00. The number of tetrazole rings is 1. The number of likely N-dealkylation sites (N-methyl/N-ethyl adjacent to an activating group) is 1. The molecule has 0 saturated heterocycles. The first-order valence-electron chi connectivity index (χ1n) is 8.05. The molecule has 1 saturated carbocycles. The average Bonchev–Trinajstić information content (AvgIpc) is 3.30. The summed E-state index contributed by atoms with van der Waals surface area (Å²) in [7, 11) is 2.17. The Morgan fingerprint density at radius 3 is 2.82 bits per heavy atom. The maximum absolute atomic E-state index is 4.30. The van der Waals surface area contributed by atoms with Crippen LogP contribution in [0.25, 0.3) is 0 Å². The van der Waals surface area contributed by atoms with E-state index in [0.717, 1.165) is 25.5 Å². The lowest BCUT2D eigenvalue weighted by Crippen LogP contribution is -2.32. The van der Waals surface area contributed by atoms with Gasteiger partial charge >= 0.3 is 0 Å². The van der Waals surface area contributed by atoms with Crippen molar-refractivity contribution in [1.82, 2.24) is 25.1 Å². The Hall–Kier alpha value is -1.95. The minimum atomic E-state index is 0.232. The van der Waals surface area contributed by atoms with E-state index in [1.54, 1.807) is 0 Å². The fourth-order valence-corrected chi connectivity index (χ4v) is 3.26. The molecular formula is C16H22N6. The number of para-hydroxylation sites is 1. The van der Waals surface area contributed by atoms with Gasteiger partial charge in [0.1, 0.15) is 0 Å². The first-order valence-corrected chi connectivity index (χ1v) is 8.05. The van der Waals surface area contributed by atoms with Gasteiger partial charge in [-0.3, -0.25) is 4.90 Å². The molecule has 2 aromatic rings. The van der Waals surface area contributed by atoms with Crippen LogP contribution in [0.1, 0.15) is 43.2 Å². The van der Waals surface area contributed by atoms with Gasteiger partial charge in [0.2, 0.25) is 0 Å². The topological polar surface area (TPSA) is 50.1 Å². The van der Waals surface area contributed by atoms with Crippen LogP contribution < -0.4 is 4.90 Å². The minimum Gasteiger partial charge on any atom is -0.373 e. The van der Waals surface area contributed by atoms with Crippen LogP contribution in [0.2, 0.25) is 0 Å². The van der Waals surface area contributed by atoms with Gasteiger partial charge in [-0.25, -0.2) is 4.68 Å². The van der Waals surface area contributed by atoms with Crippen LogP contribution in [-0.4, -0.2) is 45.2 Å². The highest BCUT2D eigenvalue weighted by atomic mass is 15.6. The van der Waals surface area contributed by atoms with E-state index < -0.39 is 0 Å². The second-order valence-electron chi connectivity index (χ2n) is 6.41. The highest BCUT2D eigenvalue weighted by molar-refractivity contribution is 5.53. The molecule has 0 bridgehead atoms. The molecule has 1 aliphatic carbocycles. The van der Waals surface area contributed by atoms with Crippen molar-refractivity contribution in [2.75, 3.05) is 25.0 Å². The normalized spacial score (nSPS) is 20.5. The van der Waals surface area contributed by atoms with E-state index in [1.807, 2.05) is 4.68 Å². The first kappa shape index (κ1) is 13.7. The molecule has 1 fully saturated rings. The number of fused-ring (bicyclic) bond motifs is 1. The second-order valence-corrected chi connectivity index (χ2v) is 6.41. The number of anilines is 1. The molecule has 6 nitrogen and oxygen atoms in total. The molecule has 0 radical (unpaired) electrons. The van der Waals surface area contributed by atoms with Gasteiger partial charge in [-0.05, 0) is 41.8 Å². The summed E-state index contributed by atoms with van der Waals surface area (Å²) in [5.41, 5.74) is 2.71. The van der Waals surface area contributed by atoms with E-state index >= 15 is 0 Å². The summed E-state index contributed by atoms with van der Waals surface area (Å²) < 4.78 is 2.03. The van der Waals surface area contributed by atoms with Crippen LogP contribution in [0, 0.1) is 0 Å². The van der Waals surface area contributed by atoms with Crippen molar-refractivity contribution in [1.29, 1.82) is 0 Å². The van der Waals surface area contributed by atoms with Gasteiger partial charge in [0, 0.05) is 32.4 Å². The molecule has 1 aromatic carbocycles. The Balaban J connectivity index is 1.61. The Labute approximate surface area is 130 Å². The van der Waals surface area contributed by atoms with Gasteiger partial charge in [-0.15, -0.1) is 5.10 Å². The molecule has 4 rings (SSSR count). The Bertz CT molecular complexity index is 662. The molecule has 2 heterocycles. The van der Waals surface area contributed by atoms with Gasteiger partial charge in [0.05, 0.1) is 12.1 Å². The maximum Gasteiger partial charge on any atom is 0.168 e. The van der Waals surface area contributed by atoms with Gasteiger partial charge in [0.15, 0.2) is 5.82 Å². The molecular weight excluding hydrogens is 276 g/mol. The summed E-state index contributed by atoms with van der Waals surface area (Å²) >= 11 is 0. The largest absolute Gasteiger partial charge is 0.373 e. The lowest BCUT2D eigenvalue weighted by atomic mass is 10.1. The minimum absolute atomic E-state index is 0.232. The standard InChI is InChI=1S/C16H22N6/c1-12(16-17-18-19-22(16)14-7-8-14)21-10-9-20(2)15-6-4-3-5-13(15)11-21/h3-6,12,14H,7-11H2,1-2H3/t12-/m1/s1. The summed E-state index contributed by atoms with van der Waals surface area (Å²) in [6.07, 6.45) is 2.41. The van der Waals surface area contributed by atoms with Crippen molar-refractivity contribution in [2.45, 2.75) is 38.4 Å². The third kappa shape index (κ3) is 2.37. The Kier molecular flexibility index (Phi) is 3.33. The number of rotatable bonds is 3. The van der Waals surface area contributed by atoms with Crippen molar-refractivity contribution in [3.8, 4) is 0 Å². The third-order valence-corrected chi connectivity index (χ3v) is 4.83. The fraction of sp³-hybridized carbons (Fsp3) is 0.562. The van der Waals surface area contributed by atoms with Crippen molar-refractivity contribution < 1.29 is 0 Å². The highest BCUT2D eigenvalue weighted by Gasteiger charge is 2.32. The van der Waals surface area contributed by atoms with E-state index in [-0.39, 0.29) is 6.04 Å². The third-order valence-electron chi connectivity index (χ3n) is 4.83. The van der Waals surface area contributed by atoms with Crippen LogP contribution in [0.4, 0.5) is 5.69 Å². The number of hydrogen-bond acceptors (Lipinski definition) is 5. The molecule has 1 aliphatic heterocycles. The first-order chi connectivity index (χ1) is 10.7. The zero-order valence-electron chi connectivity index (χ0n) is 13.2. The second kappa shape index (κ2) is 5.35. The van der Waals surface area contributed by atoms with Crippen LogP contribution in [0.3, 0.4) is 0 Å². The average molecular weight is 298 g/mol. The highest BCUT2D eigenvalue weighted by Crippen LogP contribution is 2.36. The molecule has 0 amide bonds. The maximum atomic E-state index is 4.30. The Morgan fingerprint density at radius 1 is 1.18 bits per heavy atom. The quantitative estimate of drug-likeness (QED) is 0.867. The number of hydrogen-bond donors (Lipinski definition) is 0. The predicted octanol–water partition coefficient (Wildman–Crippen LogP) is 2.02. The molecule has 2 aliphatic rings.